The fourth-order valence-corrected chi connectivity index (χ4v) is 0.617. The zero-order valence-electron chi connectivity index (χ0n) is 4.38. The number of carbonyl (C=O) groups excluding carboxylic acids is 1. The van der Waals surface area contributed by atoms with Crippen LogP contribution < -0.4 is 5.73 Å². The molecule has 0 aliphatic rings. The van der Waals surface area contributed by atoms with Gasteiger partial charge in [-0.25, -0.2) is 5.16 Å². The lowest BCUT2D eigenvalue weighted by atomic mass is 10.4. The van der Waals surface area contributed by atoms with Gasteiger partial charge in [0, 0.05) is 0 Å². The van der Waals surface area contributed by atoms with E-state index >= 15 is 0 Å². The maximum absolute atomic E-state index is 10.4. The molecule has 48 valence electrons. The van der Waals surface area contributed by atoms with E-state index in [1.54, 1.807) is 0 Å². The van der Waals surface area contributed by atoms with Gasteiger partial charge in [0.25, 0.3) is 5.91 Å². The number of hydrogen-bond donors (Lipinski definition) is 2. The van der Waals surface area contributed by atoms with E-state index in [0.29, 0.717) is 0 Å². The molecule has 0 saturated heterocycles. The zero-order chi connectivity index (χ0) is 6.85. The van der Waals surface area contributed by atoms with Gasteiger partial charge in [-0.15, -0.1) is 0 Å². The van der Waals surface area contributed by atoms with Crippen LogP contribution in [-0.4, -0.2) is 11.1 Å². The number of H-pyrrole nitrogens is 1. The Labute approximate surface area is 55.6 Å². The lowest BCUT2D eigenvalue weighted by Crippen LogP contribution is -2.09. The predicted molar refractivity (Wildman–Crippen MR) is 32.4 cm³/mol. The molecule has 1 rings (SSSR count). The number of hydrogen-bond acceptors (Lipinski definition) is 3. The van der Waals surface area contributed by atoms with E-state index in [9.17, 15) is 4.79 Å². The van der Waals surface area contributed by atoms with Crippen molar-refractivity contribution in [1.29, 1.82) is 0 Å². The van der Waals surface area contributed by atoms with Gasteiger partial charge in [-0.3, -0.25) is 4.79 Å². The maximum Gasteiger partial charge on any atom is 0.255 e. The predicted octanol–water partition coefficient (Wildman–Crippen LogP) is 0.436. The molecule has 9 heavy (non-hydrogen) atoms. The number of carbonyl (C=O) groups is 1. The number of nitrogens with two attached hydrogens (primary N) is 1. The molecule has 4 nitrogen and oxygen atoms in total. The lowest BCUT2D eigenvalue weighted by molar-refractivity contribution is 0.0999. The Kier molecular flexibility index (Phi) is 1.35. The van der Waals surface area contributed by atoms with Crippen molar-refractivity contribution in [2.45, 2.75) is 0 Å². The summed E-state index contributed by atoms with van der Waals surface area (Å²) in [4.78, 5) is 10.4. The Morgan fingerprint density at radius 3 is 2.78 bits per heavy atom. The molecular formula is C4H4N2O2S. The first-order chi connectivity index (χ1) is 4.22. The van der Waals surface area contributed by atoms with Crippen LogP contribution in [0.3, 0.4) is 0 Å². The van der Waals surface area contributed by atoms with Crippen LogP contribution in [0.15, 0.2) is 10.8 Å². The molecule has 0 spiro atoms. The van der Waals surface area contributed by atoms with Gasteiger partial charge >= 0.3 is 0 Å². The molecule has 0 bridgehead atoms. The summed E-state index contributed by atoms with van der Waals surface area (Å²) in [6, 6.07) is 0. The Balaban J connectivity index is 3.24. The van der Waals surface area contributed by atoms with Crippen LogP contribution in [0.25, 0.3) is 0 Å². The maximum atomic E-state index is 10.4. The zero-order valence-corrected chi connectivity index (χ0v) is 5.20. The first kappa shape index (κ1) is 6.03. The van der Waals surface area contributed by atoms with Crippen molar-refractivity contribution in [3.63, 3.8) is 0 Å². The Morgan fingerprint density at radius 2 is 2.56 bits per heavy atom. The average molecular weight is 144 g/mol. The number of nitrogens with one attached hydrogen (secondary N) is 1. The van der Waals surface area contributed by atoms with Crippen LogP contribution in [0, 0.1) is 4.64 Å². The van der Waals surface area contributed by atoms with Crippen LogP contribution in [0.4, 0.5) is 0 Å². The SMILES string of the molecule is NC(=O)c1co[nH]c1=S. The number of aromatic nitrogens is 1. The van der Waals surface area contributed by atoms with Gasteiger partial charge in [0.05, 0.1) is 0 Å². The molecule has 0 atom stereocenters. The third-order valence-corrected chi connectivity index (χ3v) is 1.14. The summed E-state index contributed by atoms with van der Waals surface area (Å²) in [5.41, 5.74) is 5.09. The summed E-state index contributed by atoms with van der Waals surface area (Å²) in [6.07, 6.45) is 1.19. The minimum atomic E-state index is -0.579. The summed E-state index contributed by atoms with van der Waals surface area (Å²) < 4.78 is 4.72. The molecule has 0 aromatic carbocycles. The highest BCUT2D eigenvalue weighted by Crippen LogP contribution is 1.97. The first-order valence-electron chi connectivity index (χ1n) is 2.18. The number of rotatable bonds is 1. The standard InChI is InChI=1S/C4H4N2O2S/c5-3(7)2-1-8-6-4(2)9/h1H,(H2,5,7)(H,6,9). The summed E-state index contributed by atoms with van der Waals surface area (Å²) >= 11 is 4.61. The van der Waals surface area contributed by atoms with Gasteiger partial charge in [-0.1, -0.05) is 12.2 Å². The monoisotopic (exact) mass is 144 g/mol. The van der Waals surface area contributed by atoms with Crippen LogP contribution in [0.5, 0.6) is 0 Å². The van der Waals surface area contributed by atoms with Crippen molar-refractivity contribution < 1.29 is 9.32 Å². The molecule has 1 aromatic rings. The second-order valence-corrected chi connectivity index (χ2v) is 1.85. The minimum Gasteiger partial charge on any atom is -0.388 e. The van der Waals surface area contributed by atoms with Crippen molar-refractivity contribution in [3.05, 3.63) is 16.5 Å². The molecule has 0 radical (unpaired) electrons. The van der Waals surface area contributed by atoms with Crippen LogP contribution in [0.1, 0.15) is 10.4 Å². The third-order valence-electron chi connectivity index (χ3n) is 0.838. The summed E-state index contributed by atoms with van der Waals surface area (Å²) in [6.45, 7) is 0. The van der Waals surface area contributed by atoms with E-state index < -0.39 is 5.91 Å². The highest BCUT2D eigenvalue weighted by Gasteiger charge is 2.03. The number of aromatic amines is 1. The lowest BCUT2D eigenvalue weighted by Gasteiger charge is -1.78. The highest BCUT2D eigenvalue weighted by molar-refractivity contribution is 7.71. The Hall–Kier alpha value is -1.10. The van der Waals surface area contributed by atoms with Gasteiger partial charge < -0.3 is 10.3 Å². The van der Waals surface area contributed by atoms with Crippen LogP contribution >= 0.6 is 12.2 Å². The van der Waals surface area contributed by atoms with E-state index in [2.05, 4.69) is 21.9 Å². The molecule has 3 N–H and O–H groups in total. The van der Waals surface area contributed by atoms with Crippen LogP contribution in [0.2, 0.25) is 0 Å². The Morgan fingerprint density at radius 1 is 1.89 bits per heavy atom. The first-order valence-corrected chi connectivity index (χ1v) is 2.58. The van der Waals surface area contributed by atoms with Gasteiger partial charge in [-0.05, 0) is 0 Å². The van der Waals surface area contributed by atoms with Crippen LogP contribution in [-0.2, 0) is 0 Å². The van der Waals surface area contributed by atoms with Gasteiger partial charge in [-0.2, -0.15) is 0 Å². The molecule has 1 heterocycles. The quantitative estimate of drug-likeness (QED) is 0.561. The fourth-order valence-electron chi connectivity index (χ4n) is 0.420. The summed E-state index contributed by atoms with van der Waals surface area (Å²) in [5, 5.41) is 2.29. The summed E-state index contributed by atoms with van der Waals surface area (Å²) in [5.74, 6) is -0.579. The van der Waals surface area contributed by atoms with Crippen molar-refractivity contribution in [2.24, 2.45) is 5.73 Å². The average Bonchev–Trinajstić information content (AvgIpc) is 2.13. The molecule has 1 amide bonds. The normalized spacial score (nSPS) is 9.33. The molecule has 0 aliphatic carbocycles. The third kappa shape index (κ3) is 0.996. The van der Waals surface area contributed by atoms with E-state index in [1.165, 1.54) is 6.26 Å². The van der Waals surface area contributed by atoms with E-state index in [0.717, 1.165) is 0 Å². The second-order valence-electron chi connectivity index (χ2n) is 1.44. The van der Waals surface area contributed by atoms with Gasteiger partial charge in [0.1, 0.15) is 11.8 Å². The fraction of sp³-hybridized carbons (Fsp3) is 0. The topological polar surface area (TPSA) is 72.0 Å². The number of primary amides is 1. The molecule has 0 unspecified atom stereocenters. The van der Waals surface area contributed by atoms with E-state index in [1.807, 2.05) is 0 Å². The molecular weight excluding hydrogens is 140 g/mol. The highest BCUT2D eigenvalue weighted by atomic mass is 32.1. The summed E-state index contributed by atoms with van der Waals surface area (Å²) in [7, 11) is 0. The number of amides is 1. The van der Waals surface area contributed by atoms with Gasteiger partial charge in [0.15, 0.2) is 4.64 Å². The van der Waals surface area contributed by atoms with Crippen molar-refractivity contribution >= 4 is 18.1 Å². The second kappa shape index (κ2) is 2.02. The largest absolute Gasteiger partial charge is 0.388 e. The van der Waals surface area contributed by atoms with Gasteiger partial charge in [0.2, 0.25) is 0 Å². The molecule has 0 aliphatic heterocycles. The molecule has 1 aromatic heterocycles. The van der Waals surface area contributed by atoms with Crippen molar-refractivity contribution in [3.8, 4) is 0 Å². The molecule has 5 heteroatoms. The smallest absolute Gasteiger partial charge is 0.255 e. The van der Waals surface area contributed by atoms with Crippen molar-refractivity contribution in [2.75, 3.05) is 0 Å². The minimum absolute atomic E-state index is 0.213. The van der Waals surface area contributed by atoms with E-state index in [-0.39, 0.29) is 10.2 Å². The molecule has 0 fully saturated rings. The van der Waals surface area contributed by atoms with E-state index in [4.69, 9.17) is 5.73 Å². The van der Waals surface area contributed by atoms with Crippen molar-refractivity contribution in [1.82, 2.24) is 5.16 Å². The molecule has 0 saturated carbocycles. The Bertz CT molecular complexity index is 274.